The van der Waals surface area contributed by atoms with Crippen LogP contribution in [-0.2, 0) is 16.4 Å². The Morgan fingerprint density at radius 3 is 2.54 bits per heavy atom. The van der Waals surface area contributed by atoms with Crippen LogP contribution in [0.15, 0.2) is 4.99 Å². The molecule has 0 spiro atoms. The average Bonchev–Trinajstić information content (AvgIpc) is 2.93. The van der Waals surface area contributed by atoms with Gasteiger partial charge < -0.3 is 10.6 Å². The summed E-state index contributed by atoms with van der Waals surface area (Å²) in [4.78, 5) is 10.4. The minimum Gasteiger partial charge on any atom is -0.357 e. The number of nitrogens with zero attached hydrogens (tertiary/aromatic N) is 3. The van der Waals surface area contributed by atoms with Gasteiger partial charge in [0, 0.05) is 43.5 Å². The Balaban J connectivity index is 1.87. The lowest BCUT2D eigenvalue weighted by atomic mass is 10.1. The Morgan fingerprint density at radius 2 is 2.00 bits per heavy atom. The molecule has 0 unspecified atom stereocenters. The zero-order chi connectivity index (χ0) is 19.2. The summed E-state index contributed by atoms with van der Waals surface area (Å²) in [5.74, 6) is 0.981. The number of aliphatic imine (C=N–C) groups is 1. The second-order valence-corrected chi connectivity index (χ2v) is 10.0. The summed E-state index contributed by atoms with van der Waals surface area (Å²) in [6, 6.07) is 0.253. The van der Waals surface area contributed by atoms with Crippen molar-refractivity contribution in [3.8, 4) is 0 Å². The molecule has 0 bridgehead atoms. The summed E-state index contributed by atoms with van der Waals surface area (Å²) in [5, 5.41) is 7.84. The van der Waals surface area contributed by atoms with Gasteiger partial charge in [0.25, 0.3) is 0 Å². The summed E-state index contributed by atoms with van der Waals surface area (Å²) in [5.41, 5.74) is 1.10. The molecule has 0 atom stereocenters. The van der Waals surface area contributed by atoms with Crippen molar-refractivity contribution in [2.24, 2.45) is 4.99 Å². The standard InChI is InChI=1S/C17H31N5O2S2/c1-5-18-17(19-10-7-16-13(3)20-14(4)25-16)21-15-8-11-22(12-9-15)26(23,24)6-2/h15H,5-12H2,1-4H3,(H2,18,19,21). The highest BCUT2D eigenvalue weighted by atomic mass is 32.2. The lowest BCUT2D eigenvalue weighted by Crippen LogP contribution is -2.50. The number of sulfonamides is 1. The molecule has 1 saturated heterocycles. The van der Waals surface area contributed by atoms with Crippen molar-refractivity contribution in [2.75, 3.05) is 31.9 Å². The number of nitrogens with one attached hydrogen (secondary N) is 2. The predicted molar refractivity (Wildman–Crippen MR) is 108 cm³/mol. The fourth-order valence-corrected chi connectivity index (χ4v) is 5.11. The Kier molecular flexibility index (Phi) is 7.85. The van der Waals surface area contributed by atoms with E-state index in [0.717, 1.165) is 42.5 Å². The van der Waals surface area contributed by atoms with E-state index in [2.05, 4.69) is 20.6 Å². The molecule has 2 rings (SSSR count). The van der Waals surface area contributed by atoms with Crippen molar-refractivity contribution >= 4 is 27.3 Å². The number of aryl methyl sites for hydroxylation is 2. The Morgan fingerprint density at radius 1 is 1.31 bits per heavy atom. The van der Waals surface area contributed by atoms with Crippen molar-refractivity contribution in [1.82, 2.24) is 19.9 Å². The van der Waals surface area contributed by atoms with Gasteiger partial charge in [-0.2, -0.15) is 0 Å². The zero-order valence-corrected chi connectivity index (χ0v) is 17.8. The van der Waals surface area contributed by atoms with Crippen molar-refractivity contribution in [1.29, 1.82) is 0 Å². The molecule has 2 N–H and O–H groups in total. The molecule has 0 amide bonds. The highest BCUT2D eigenvalue weighted by molar-refractivity contribution is 7.89. The number of rotatable bonds is 7. The van der Waals surface area contributed by atoms with E-state index in [-0.39, 0.29) is 11.8 Å². The summed E-state index contributed by atoms with van der Waals surface area (Å²) in [6.45, 7) is 10.5. The number of piperidine rings is 1. The molecule has 1 aromatic heterocycles. The fourth-order valence-electron chi connectivity index (χ4n) is 3.05. The van der Waals surface area contributed by atoms with Gasteiger partial charge in [-0.05, 0) is 40.5 Å². The third kappa shape index (κ3) is 5.92. The Hall–Kier alpha value is -1.19. The van der Waals surface area contributed by atoms with Crippen LogP contribution in [0.2, 0.25) is 0 Å². The minimum absolute atomic E-state index is 0.172. The van der Waals surface area contributed by atoms with Crippen LogP contribution in [0.25, 0.3) is 0 Å². The monoisotopic (exact) mass is 401 g/mol. The van der Waals surface area contributed by atoms with Crippen molar-refractivity contribution < 1.29 is 8.42 Å². The zero-order valence-electron chi connectivity index (χ0n) is 16.2. The largest absolute Gasteiger partial charge is 0.357 e. The van der Waals surface area contributed by atoms with Crippen LogP contribution < -0.4 is 10.6 Å². The smallest absolute Gasteiger partial charge is 0.213 e. The maximum absolute atomic E-state index is 12.0. The van der Waals surface area contributed by atoms with Crippen molar-refractivity contribution in [3.05, 3.63) is 15.6 Å². The van der Waals surface area contributed by atoms with Crippen LogP contribution in [0, 0.1) is 13.8 Å². The summed E-state index contributed by atoms with van der Waals surface area (Å²) < 4.78 is 25.5. The number of thiazole rings is 1. The molecule has 0 aromatic carbocycles. The van der Waals surface area contributed by atoms with Gasteiger partial charge in [0.15, 0.2) is 5.96 Å². The minimum atomic E-state index is -3.08. The molecular weight excluding hydrogens is 370 g/mol. The van der Waals surface area contributed by atoms with E-state index in [1.807, 2.05) is 20.8 Å². The lowest BCUT2D eigenvalue weighted by Gasteiger charge is -2.32. The molecule has 9 heteroatoms. The molecule has 0 saturated carbocycles. The van der Waals surface area contributed by atoms with Gasteiger partial charge >= 0.3 is 0 Å². The second kappa shape index (κ2) is 9.66. The van der Waals surface area contributed by atoms with Gasteiger partial charge in [0.1, 0.15) is 0 Å². The number of aromatic nitrogens is 1. The maximum Gasteiger partial charge on any atom is 0.213 e. The molecule has 1 fully saturated rings. The maximum atomic E-state index is 12.0. The van der Waals surface area contributed by atoms with Gasteiger partial charge in [-0.15, -0.1) is 11.3 Å². The van der Waals surface area contributed by atoms with E-state index >= 15 is 0 Å². The second-order valence-electron chi connectivity index (χ2n) is 6.47. The molecule has 1 aromatic rings. The SMILES string of the molecule is CCNC(=NCCc1sc(C)nc1C)NC1CCN(S(=O)(=O)CC)CC1. The summed E-state index contributed by atoms with van der Waals surface area (Å²) >= 11 is 1.74. The van der Waals surface area contributed by atoms with Gasteiger partial charge in [-0.1, -0.05) is 0 Å². The molecule has 26 heavy (non-hydrogen) atoms. The predicted octanol–water partition coefficient (Wildman–Crippen LogP) is 1.67. The van der Waals surface area contributed by atoms with Crippen molar-refractivity contribution in [2.45, 2.75) is 53.0 Å². The Labute approximate surface area is 161 Å². The molecule has 2 heterocycles. The van der Waals surface area contributed by atoms with Gasteiger partial charge in [-0.25, -0.2) is 17.7 Å². The normalized spacial score (nSPS) is 17.5. The van der Waals surface area contributed by atoms with Gasteiger partial charge in [0.05, 0.1) is 16.5 Å². The molecule has 1 aliphatic rings. The first-order chi connectivity index (χ1) is 12.4. The van der Waals surface area contributed by atoms with Crippen LogP contribution >= 0.6 is 11.3 Å². The van der Waals surface area contributed by atoms with Crippen LogP contribution in [0.1, 0.15) is 42.3 Å². The van der Waals surface area contributed by atoms with Gasteiger partial charge in [-0.3, -0.25) is 4.99 Å². The molecule has 1 aliphatic heterocycles. The fraction of sp³-hybridized carbons (Fsp3) is 0.765. The summed E-state index contributed by atoms with van der Waals surface area (Å²) in [6.07, 6.45) is 2.49. The molecule has 7 nitrogen and oxygen atoms in total. The number of hydrogen-bond acceptors (Lipinski definition) is 5. The third-order valence-electron chi connectivity index (χ3n) is 4.51. The first-order valence-corrected chi connectivity index (χ1v) is 11.7. The molecule has 148 valence electrons. The first kappa shape index (κ1) is 21.1. The van der Waals surface area contributed by atoms with E-state index in [0.29, 0.717) is 19.6 Å². The third-order valence-corrected chi connectivity index (χ3v) is 7.52. The molecular formula is C17H31N5O2S2. The highest BCUT2D eigenvalue weighted by Gasteiger charge is 2.26. The average molecular weight is 402 g/mol. The van der Waals surface area contributed by atoms with Gasteiger partial charge in [0.2, 0.25) is 10.0 Å². The van der Waals surface area contributed by atoms with Crippen LogP contribution in [0.5, 0.6) is 0 Å². The number of hydrogen-bond donors (Lipinski definition) is 2. The van der Waals surface area contributed by atoms with E-state index in [9.17, 15) is 8.42 Å². The van der Waals surface area contributed by atoms with Crippen molar-refractivity contribution in [3.63, 3.8) is 0 Å². The topological polar surface area (TPSA) is 86.7 Å². The molecule has 0 aliphatic carbocycles. The summed E-state index contributed by atoms with van der Waals surface area (Å²) in [7, 11) is -3.08. The van der Waals surface area contributed by atoms with Crippen LogP contribution in [0.3, 0.4) is 0 Å². The highest BCUT2D eigenvalue weighted by Crippen LogP contribution is 2.17. The van der Waals surface area contributed by atoms with Crippen LogP contribution in [-0.4, -0.2) is 61.6 Å². The van der Waals surface area contributed by atoms with E-state index in [4.69, 9.17) is 0 Å². The lowest BCUT2D eigenvalue weighted by molar-refractivity contribution is 0.306. The molecule has 0 radical (unpaired) electrons. The number of guanidine groups is 1. The van der Waals surface area contributed by atoms with E-state index < -0.39 is 10.0 Å². The Bertz CT molecular complexity index is 707. The van der Waals surface area contributed by atoms with E-state index in [1.165, 1.54) is 4.88 Å². The van der Waals surface area contributed by atoms with Crippen LogP contribution in [0.4, 0.5) is 0 Å². The van der Waals surface area contributed by atoms with E-state index in [1.54, 1.807) is 22.6 Å². The first-order valence-electron chi connectivity index (χ1n) is 9.31. The quantitative estimate of drug-likeness (QED) is 0.536.